The van der Waals surface area contributed by atoms with Gasteiger partial charge >= 0.3 is 0 Å². The van der Waals surface area contributed by atoms with Crippen LogP contribution in [0.4, 0.5) is 0 Å². The van der Waals surface area contributed by atoms with Crippen molar-refractivity contribution in [3.8, 4) is 0 Å². The van der Waals surface area contributed by atoms with Crippen LogP contribution in [0.2, 0.25) is 5.15 Å². The smallest absolute Gasteiger partial charge is 0.131 e. The third-order valence-electron chi connectivity index (χ3n) is 1.93. The molecular weight excluding hydrogens is 206 g/mol. The molecule has 0 bridgehead atoms. The molecule has 1 aromatic rings. The Balaban J connectivity index is 2.91. The Morgan fingerprint density at radius 3 is 2.64 bits per heavy atom. The fraction of sp³-hybridized carbons (Fsp3) is 0.444. The summed E-state index contributed by atoms with van der Waals surface area (Å²) in [5, 5.41) is 27.7. The summed E-state index contributed by atoms with van der Waals surface area (Å²) in [4.78, 5) is 3.83. The van der Waals surface area contributed by atoms with Gasteiger partial charge in [0.15, 0.2) is 0 Å². The Morgan fingerprint density at radius 2 is 2.14 bits per heavy atom. The summed E-state index contributed by atoms with van der Waals surface area (Å²) in [7, 11) is 0. The standard InChI is InChI=1S/C9H12ClNO3/c1-5-2-6(3-11-9(5)10)8(14)7(13)4-12/h2-3,7-8,12-14H,4H2,1H3. The molecule has 0 aliphatic carbocycles. The van der Waals surface area contributed by atoms with E-state index >= 15 is 0 Å². The molecule has 0 aliphatic rings. The van der Waals surface area contributed by atoms with Crippen molar-refractivity contribution in [3.63, 3.8) is 0 Å². The number of aliphatic hydroxyl groups is 3. The van der Waals surface area contributed by atoms with Gasteiger partial charge in [0.05, 0.1) is 6.61 Å². The molecule has 0 radical (unpaired) electrons. The van der Waals surface area contributed by atoms with E-state index in [1.165, 1.54) is 6.20 Å². The molecule has 3 N–H and O–H groups in total. The van der Waals surface area contributed by atoms with Crippen LogP contribution in [0.5, 0.6) is 0 Å². The second kappa shape index (κ2) is 4.70. The first-order valence-corrected chi connectivity index (χ1v) is 4.53. The average molecular weight is 218 g/mol. The van der Waals surface area contributed by atoms with Crippen molar-refractivity contribution in [2.24, 2.45) is 0 Å². The zero-order chi connectivity index (χ0) is 10.7. The highest BCUT2D eigenvalue weighted by Gasteiger charge is 2.18. The van der Waals surface area contributed by atoms with Crippen LogP contribution in [0.3, 0.4) is 0 Å². The first-order chi connectivity index (χ1) is 6.56. The number of aryl methyl sites for hydroxylation is 1. The predicted molar refractivity (Wildman–Crippen MR) is 52.0 cm³/mol. The van der Waals surface area contributed by atoms with Gasteiger partial charge in [-0.25, -0.2) is 4.98 Å². The van der Waals surface area contributed by atoms with Crippen LogP contribution >= 0.6 is 11.6 Å². The maximum Gasteiger partial charge on any atom is 0.131 e. The molecule has 0 saturated heterocycles. The van der Waals surface area contributed by atoms with Crippen molar-refractivity contribution in [2.45, 2.75) is 19.1 Å². The highest BCUT2D eigenvalue weighted by Crippen LogP contribution is 2.20. The van der Waals surface area contributed by atoms with Gasteiger partial charge in [0.2, 0.25) is 0 Å². The van der Waals surface area contributed by atoms with E-state index in [4.69, 9.17) is 16.7 Å². The summed E-state index contributed by atoms with van der Waals surface area (Å²) >= 11 is 5.69. The van der Waals surface area contributed by atoms with Crippen LogP contribution in [0, 0.1) is 6.92 Å². The molecule has 0 spiro atoms. The number of pyridine rings is 1. The van der Waals surface area contributed by atoms with Gasteiger partial charge < -0.3 is 15.3 Å². The molecule has 0 aromatic carbocycles. The summed E-state index contributed by atoms with van der Waals surface area (Å²) in [5.41, 5.74) is 1.15. The minimum Gasteiger partial charge on any atom is -0.394 e. The molecule has 2 atom stereocenters. The van der Waals surface area contributed by atoms with Crippen molar-refractivity contribution < 1.29 is 15.3 Å². The first-order valence-electron chi connectivity index (χ1n) is 4.15. The predicted octanol–water partition coefficient (Wildman–Crippen LogP) is 0.430. The Hall–Kier alpha value is -0.680. The topological polar surface area (TPSA) is 73.6 Å². The summed E-state index contributed by atoms with van der Waals surface area (Å²) in [6, 6.07) is 1.62. The number of nitrogens with zero attached hydrogens (tertiary/aromatic N) is 1. The van der Waals surface area contributed by atoms with Crippen LogP contribution in [0.25, 0.3) is 0 Å². The molecule has 5 heteroatoms. The number of rotatable bonds is 3. The Labute approximate surface area is 86.8 Å². The molecular formula is C9H12ClNO3. The zero-order valence-corrected chi connectivity index (χ0v) is 8.44. The lowest BCUT2D eigenvalue weighted by atomic mass is 10.1. The van der Waals surface area contributed by atoms with E-state index in [1.54, 1.807) is 13.0 Å². The molecule has 2 unspecified atom stereocenters. The molecule has 4 nitrogen and oxygen atoms in total. The average Bonchev–Trinajstić information content (AvgIpc) is 2.20. The van der Waals surface area contributed by atoms with Crippen LogP contribution in [0.15, 0.2) is 12.3 Å². The molecule has 0 fully saturated rings. The Morgan fingerprint density at radius 1 is 1.50 bits per heavy atom. The molecule has 0 saturated carbocycles. The lowest BCUT2D eigenvalue weighted by Gasteiger charge is -2.15. The summed E-state index contributed by atoms with van der Waals surface area (Å²) in [6.07, 6.45) is -0.959. The third kappa shape index (κ3) is 2.42. The van der Waals surface area contributed by atoms with Crippen molar-refractivity contribution in [3.05, 3.63) is 28.5 Å². The SMILES string of the molecule is Cc1cc(C(O)C(O)CO)cnc1Cl. The number of hydrogen-bond acceptors (Lipinski definition) is 4. The molecule has 1 heterocycles. The van der Waals surface area contributed by atoms with E-state index < -0.39 is 18.8 Å². The normalized spacial score (nSPS) is 15.2. The second-order valence-corrected chi connectivity index (χ2v) is 3.43. The van der Waals surface area contributed by atoms with Crippen molar-refractivity contribution in [1.29, 1.82) is 0 Å². The second-order valence-electron chi connectivity index (χ2n) is 3.07. The van der Waals surface area contributed by atoms with E-state index in [2.05, 4.69) is 4.98 Å². The largest absolute Gasteiger partial charge is 0.394 e. The summed E-state index contributed by atoms with van der Waals surface area (Å²) in [5.74, 6) is 0. The van der Waals surface area contributed by atoms with Crippen LogP contribution < -0.4 is 0 Å². The van der Waals surface area contributed by atoms with Crippen molar-refractivity contribution in [1.82, 2.24) is 4.98 Å². The van der Waals surface area contributed by atoms with E-state index in [0.29, 0.717) is 16.3 Å². The van der Waals surface area contributed by atoms with Gasteiger partial charge in [-0.1, -0.05) is 11.6 Å². The minimum atomic E-state index is -1.20. The van der Waals surface area contributed by atoms with E-state index in [1.807, 2.05) is 0 Å². The quantitative estimate of drug-likeness (QED) is 0.642. The van der Waals surface area contributed by atoms with Gasteiger partial charge in [0, 0.05) is 11.8 Å². The van der Waals surface area contributed by atoms with Crippen molar-refractivity contribution in [2.75, 3.05) is 6.61 Å². The number of hydrogen-bond donors (Lipinski definition) is 3. The maximum absolute atomic E-state index is 9.51. The molecule has 0 aliphatic heterocycles. The van der Waals surface area contributed by atoms with E-state index in [-0.39, 0.29) is 0 Å². The van der Waals surface area contributed by atoms with Gasteiger partial charge in [-0.2, -0.15) is 0 Å². The highest BCUT2D eigenvalue weighted by atomic mass is 35.5. The van der Waals surface area contributed by atoms with Crippen LogP contribution in [0.1, 0.15) is 17.2 Å². The third-order valence-corrected chi connectivity index (χ3v) is 2.32. The Bertz CT molecular complexity index is 319. The number of aliphatic hydroxyl groups excluding tert-OH is 3. The van der Waals surface area contributed by atoms with Gasteiger partial charge in [-0.15, -0.1) is 0 Å². The van der Waals surface area contributed by atoms with Crippen LogP contribution in [-0.2, 0) is 0 Å². The van der Waals surface area contributed by atoms with Gasteiger partial charge in [0.25, 0.3) is 0 Å². The molecule has 0 amide bonds. The monoisotopic (exact) mass is 217 g/mol. The number of halogens is 1. The lowest BCUT2D eigenvalue weighted by Crippen LogP contribution is -2.22. The molecule has 14 heavy (non-hydrogen) atoms. The fourth-order valence-corrected chi connectivity index (χ4v) is 1.17. The minimum absolute atomic E-state index is 0.361. The molecule has 78 valence electrons. The fourth-order valence-electron chi connectivity index (χ4n) is 1.06. The maximum atomic E-state index is 9.51. The van der Waals surface area contributed by atoms with Crippen LogP contribution in [-0.4, -0.2) is 33.0 Å². The summed E-state index contributed by atoms with van der Waals surface area (Å²) < 4.78 is 0. The van der Waals surface area contributed by atoms with Gasteiger partial charge in [0.1, 0.15) is 17.4 Å². The first kappa shape index (κ1) is 11.4. The van der Waals surface area contributed by atoms with Gasteiger partial charge in [-0.05, 0) is 18.6 Å². The zero-order valence-electron chi connectivity index (χ0n) is 7.68. The highest BCUT2D eigenvalue weighted by molar-refractivity contribution is 6.30. The lowest BCUT2D eigenvalue weighted by molar-refractivity contribution is -0.0154. The number of aromatic nitrogens is 1. The van der Waals surface area contributed by atoms with E-state index in [0.717, 1.165) is 0 Å². The molecule has 1 aromatic heterocycles. The van der Waals surface area contributed by atoms with E-state index in [9.17, 15) is 10.2 Å². The summed E-state index contributed by atoms with van der Waals surface area (Å²) in [6.45, 7) is 1.25. The molecule has 1 rings (SSSR count). The van der Waals surface area contributed by atoms with Gasteiger partial charge in [-0.3, -0.25) is 0 Å². The Kier molecular flexibility index (Phi) is 3.83. The van der Waals surface area contributed by atoms with Crippen molar-refractivity contribution >= 4 is 11.6 Å².